The van der Waals surface area contributed by atoms with Crippen molar-refractivity contribution in [3.8, 4) is 0 Å². The molecule has 0 unspecified atom stereocenters. The van der Waals surface area contributed by atoms with Crippen molar-refractivity contribution in [2.75, 3.05) is 0 Å². The number of hydrogen-bond donors (Lipinski definition) is 1. The number of aromatic amines is 1. The van der Waals surface area contributed by atoms with Gasteiger partial charge in [-0.05, 0) is 49.3 Å². The van der Waals surface area contributed by atoms with E-state index in [4.69, 9.17) is 4.74 Å². The van der Waals surface area contributed by atoms with Gasteiger partial charge in [0, 0.05) is 17.7 Å². The van der Waals surface area contributed by atoms with Crippen LogP contribution in [0.1, 0.15) is 69.3 Å². The number of Topliss-reactive ketones (excluding diaryl/α,β-unsaturated/α-hetero) is 1. The molecule has 0 bridgehead atoms. The molecule has 4 rings (SSSR count). The molecule has 0 fully saturated rings. The molecule has 0 amide bonds. The van der Waals surface area contributed by atoms with Gasteiger partial charge in [-0.2, -0.15) is 0 Å². The summed E-state index contributed by atoms with van der Waals surface area (Å²) in [5, 5.41) is 0. The Labute approximate surface area is 145 Å². The first-order valence-electron chi connectivity index (χ1n) is 8.71. The third-order valence-corrected chi connectivity index (χ3v) is 5.04. The number of carbonyl (C=O) groups excluding carboxylic acids is 2. The summed E-state index contributed by atoms with van der Waals surface area (Å²) in [7, 11) is 0. The summed E-state index contributed by atoms with van der Waals surface area (Å²) in [6, 6.07) is 9.32. The fraction of sp³-hybridized carbons (Fsp3) is 0.350. The molecule has 5 nitrogen and oxygen atoms in total. The molecule has 2 aliphatic carbocycles. The average molecular weight is 337 g/mol. The highest BCUT2D eigenvalue weighted by molar-refractivity contribution is 6.00. The number of aromatic nitrogens is 1. The molecule has 1 aromatic carbocycles. The van der Waals surface area contributed by atoms with Crippen molar-refractivity contribution in [3.63, 3.8) is 0 Å². The number of benzene rings is 1. The van der Waals surface area contributed by atoms with Crippen LogP contribution in [-0.4, -0.2) is 16.7 Å². The molecule has 1 atom stereocenters. The van der Waals surface area contributed by atoms with Gasteiger partial charge in [0.2, 0.25) is 0 Å². The number of H-pyrrole nitrogens is 1. The summed E-state index contributed by atoms with van der Waals surface area (Å²) in [6.07, 6.45) is 4.13. The number of pyridine rings is 1. The van der Waals surface area contributed by atoms with E-state index >= 15 is 0 Å². The van der Waals surface area contributed by atoms with E-state index < -0.39 is 11.5 Å². The Kier molecular flexibility index (Phi) is 3.99. The quantitative estimate of drug-likeness (QED) is 0.854. The van der Waals surface area contributed by atoms with Crippen molar-refractivity contribution in [2.45, 2.75) is 44.6 Å². The maximum atomic E-state index is 12.6. The zero-order valence-corrected chi connectivity index (χ0v) is 13.8. The standard InChI is InChI=1S/C20H19NO4/c22-17-9-4-8-16-14(17)11-15(19(23)21-16)20(24)25-18-10-3-6-12-5-1-2-7-13(12)18/h1-2,5,7,11,18H,3-4,6,8-10H2,(H,21,23)/t18-/m1/s1. The third-order valence-electron chi connectivity index (χ3n) is 5.04. The van der Waals surface area contributed by atoms with E-state index in [0.717, 1.165) is 31.2 Å². The van der Waals surface area contributed by atoms with Crippen LogP contribution >= 0.6 is 0 Å². The van der Waals surface area contributed by atoms with Crippen molar-refractivity contribution in [1.29, 1.82) is 0 Å². The Morgan fingerprint density at radius 1 is 1.08 bits per heavy atom. The van der Waals surface area contributed by atoms with Gasteiger partial charge in [-0.15, -0.1) is 0 Å². The SMILES string of the molecule is O=C1CCCc2[nH]c(=O)c(C(=O)O[C@@H]3CCCc4ccccc43)cc21. The Bertz CT molecular complexity index is 912. The predicted octanol–water partition coefficient (Wildman–Crippen LogP) is 3.13. The topological polar surface area (TPSA) is 76.2 Å². The van der Waals surface area contributed by atoms with Crippen LogP contribution in [0.2, 0.25) is 0 Å². The number of ether oxygens (including phenoxy) is 1. The second kappa shape index (κ2) is 6.31. The number of carbonyl (C=O) groups is 2. The van der Waals surface area contributed by atoms with E-state index in [1.807, 2.05) is 24.3 Å². The van der Waals surface area contributed by atoms with E-state index in [2.05, 4.69) is 4.98 Å². The lowest BCUT2D eigenvalue weighted by Crippen LogP contribution is -2.27. The van der Waals surface area contributed by atoms with Crippen LogP contribution in [0.5, 0.6) is 0 Å². The summed E-state index contributed by atoms with van der Waals surface area (Å²) in [4.78, 5) is 39.6. The highest BCUT2D eigenvalue weighted by Gasteiger charge is 2.27. The number of fused-ring (bicyclic) bond motifs is 2. The van der Waals surface area contributed by atoms with Crippen molar-refractivity contribution >= 4 is 11.8 Å². The van der Waals surface area contributed by atoms with Gasteiger partial charge < -0.3 is 9.72 Å². The van der Waals surface area contributed by atoms with Gasteiger partial charge in [0.25, 0.3) is 5.56 Å². The molecule has 5 heteroatoms. The van der Waals surface area contributed by atoms with Crippen LogP contribution in [-0.2, 0) is 17.6 Å². The number of esters is 1. The first-order valence-corrected chi connectivity index (χ1v) is 8.71. The largest absolute Gasteiger partial charge is 0.454 e. The molecule has 1 N–H and O–H groups in total. The molecule has 1 aromatic heterocycles. The third kappa shape index (κ3) is 2.90. The fourth-order valence-electron chi connectivity index (χ4n) is 3.75. The Morgan fingerprint density at radius 2 is 1.92 bits per heavy atom. The van der Waals surface area contributed by atoms with Crippen LogP contribution in [0.15, 0.2) is 35.1 Å². The molecule has 0 saturated carbocycles. The van der Waals surface area contributed by atoms with Crippen LogP contribution in [0.25, 0.3) is 0 Å². The number of rotatable bonds is 2. The Morgan fingerprint density at radius 3 is 2.80 bits per heavy atom. The van der Waals surface area contributed by atoms with Gasteiger partial charge in [0.1, 0.15) is 11.7 Å². The predicted molar refractivity (Wildman–Crippen MR) is 91.9 cm³/mol. The van der Waals surface area contributed by atoms with Crippen molar-refractivity contribution in [2.24, 2.45) is 0 Å². The molecular weight excluding hydrogens is 318 g/mol. The van der Waals surface area contributed by atoms with E-state index in [1.165, 1.54) is 11.6 Å². The number of hydrogen-bond acceptors (Lipinski definition) is 4. The monoisotopic (exact) mass is 337 g/mol. The lowest BCUT2D eigenvalue weighted by atomic mass is 9.89. The summed E-state index contributed by atoms with van der Waals surface area (Å²) in [6.45, 7) is 0. The molecule has 0 spiro atoms. The van der Waals surface area contributed by atoms with Gasteiger partial charge in [-0.3, -0.25) is 9.59 Å². The molecule has 128 valence electrons. The molecule has 0 radical (unpaired) electrons. The molecule has 2 aliphatic rings. The smallest absolute Gasteiger partial charge is 0.344 e. The van der Waals surface area contributed by atoms with Crippen LogP contribution in [0.3, 0.4) is 0 Å². The lowest BCUT2D eigenvalue weighted by Gasteiger charge is -2.25. The number of ketones is 1. The summed E-state index contributed by atoms with van der Waals surface area (Å²) >= 11 is 0. The zero-order chi connectivity index (χ0) is 17.4. The molecule has 2 aromatic rings. The minimum Gasteiger partial charge on any atom is -0.454 e. The van der Waals surface area contributed by atoms with Crippen LogP contribution < -0.4 is 5.56 Å². The molecule has 0 saturated heterocycles. The molecule has 1 heterocycles. The summed E-state index contributed by atoms with van der Waals surface area (Å²) < 4.78 is 5.64. The van der Waals surface area contributed by atoms with Gasteiger partial charge in [-0.25, -0.2) is 4.79 Å². The van der Waals surface area contributed by atoms with E-state index in [1.54, 1.807) is 0 Å². The van der Waals surface area contributed by atoms with E-state index in [-0.39, 0.29) is 17.5 Å². The number of nitrogens with one attached hydrogen (secondary N) is 1. The van der Waals surface area contributed by atoms with Crippen molar-refractivity contribution in [1.82, 2.24) is 4.98 Å². The first-order chi connectivity index (χ1) is 12.1. The van der Waals surface area contributed by atoms with Gasteiger partial charge in [-0.1, -0.05) is 24.3 Å². The summed E-state index contributed by atoms with van der Waals surface area (Å²) in [5.41, 5.74) is 2.69. The Hall–Kier alpha value is -2.69. The van der Waals surface area contributed by atoms with E-state index in [9.17, 15) is 14.4 Å². The molecular formula is C20H19NO4. The lowest BCUT2D eigenvalue weighted by molar-refractivity contribution is 0.0254. The normalized spacial score (nSPS) is 19.0. The molecule has 0 aliphatic heterocycles. The van der Waals surface area contributed by atoms with Crippen molar-refractivity contribution in [3.05, 3.63) is 68.6 Å². The van der Waals surface area contributed by atoms with Gasteiger partial charge in [0.05, 0.1) is 0 Å². The maximum absolute atomic E-state index is 12.6. The summed E-state index contributed by atoms with van der Waals surface area (Å²) in [5.74, 6) is -0.696. The highest BCUT2D eigenvalue weighted by atomic mass is 16.5. The van der Waals surface area contributed by atoms with Crippen molar-refractivity contribution < 1.29 is 14.3 Å². The van der Waals surface area contributed by atoms with Crippen LogP contribution in [0.4, 0.5) is 0 Å². The maximum Gasteiger partial charge on any atom is 0.344 e. The molecule has 25 heavy (non-hydrogen) atoms. The number of aryl methyl sites for hydroxylation is 2. The zero-order valence-electron chi connectivity index (χ0n) is 13.8. The second-order valence-corrected chi connectivity index (χ2v) is 6.67. The van der Waals surface area contributed by atoms with Gasteiger partial charge in [0.15, 0.2) is 5.78 Å². The minimum atomic E-state index is -0.663. The highest BCUT2D eigenvalue weighted by Crippen LogP contribution is 2.33. The Balaban J connectivity index is 1.63. The van der Waals surface area contributed by atoms with Gasteiger partial charge >= 0.3 is 5.97 Å². The average Bonchev–Trinajstić information content (AvgIpc) is 2.62. The minimum absolute atomic E-state index is 0.0328. The van der Waals surface area contributed by atoms with Crippen LogP contribution in [0, 0.1) is 0 Å². The second-order valence-electron chi connectivity index (χ2n) is 6.67. The first kappa shape index (κ1) is 15.8. The fourth-order valence-corrected chi connectivity index (χ4v) is 3.75. The van der Waals surface area contributed by atoms with E-state index in [0.29, 0.717) is 24.1 Å².